The van der Waals surface area contributed by atoms with E-state index in [2.05, 4.69) is 16.0 Å². The van der Waals surface area contributed by atoms with E-state index < -0.39 is 12.1 Å². The zero-order valence-electron chi connectivity index (χ0n) is 20.7. The minimum Gasteiger partial charge on any atom is -0.453 e. The number of hydrogen-bond donors (Lipinski definition) is 3. The molecule has 37 heavy (non-hydrogen) atoms. The number of anilines is 2. The zero-order valence-corrected chi connectivity index (χ0v) is 20.7. The van der Waals surface area contributed by atoms with Gasteiger partial charge in [0.15, 0.2) is 0 Å². The molecule has 0 radical (unpaired) electrons. The number of hydrogen-bond acceptors (Lipinski definition) is 5. The molecule has 0 aliphatic carbocycles. The fourth-order valence-corrected chi connectivity index (χ4v) is 5.14. The molecule has 1 fully saturated rings. The van der Waals surface area contributed by atoms with Crippen LogP contribution in [0.5, 0.6) is 0 Å². The van der Waals surface area contributed by atoms with Gasteiger partial charge < -0.3 is 20.3 Å². The summed E-state index contributed by atoms with van der Waals surface area (Å²) in [5, 5.41) is 9.00. The maximum absolute atomic E-state index is 14.1. The van der Waals surface area contributed by atoms with Gasteiger partial charge >= 0.3 is 6.09 Å². The van der Waals surface area contributed by atoms with Crippen LogP contribution in [0, 0.1) is 0 Å². The topological polar surface area (TPSA) is 99.8 Å². The second-order valence-electron chi connectivity index (χ2n) is 9.30. The Labute approximate surface area is 216 Å². The molecule has 2 aliphatic rings. The van der Waals surface area contributed by atoms with Crippen molar-refractivity contribution in [2.24, 2.45) is 0 Å². The number of nitrogens with zero attached hydrogens (tertiary/aromatic N) is 1. The van der Waals surface area contributed by atoms with Gasteiger partial charge in [0, 0.05) is 30.0 Å². The molecule has 3 amide bonds. The average molecular weight is 499 g/mol. The van der Waals surface area contributed by atoms with Crippen molar-refractivity contribution in [3.05, 3.63) is 95.1 Å². The van der Waals surface area contributed by atoms with E-state index in [4.69, 9.17) is 4.74 Å². The third-order valence-corrected chi connectivity index (χ3v) is 6.96. The molecule has 0 saturated carbocycles. The molecule has 2 atom stereocenters. The summed E-state index contributed by atoms with van der Waals surface area (Å²) in [7, 11) is 1.32. The van der Waals surface area contributed by atoms with Crippen LogP contribution in [-0.2, 0) is 16.0 Å². The number of amides is 3. The summed E-state index contributed by atoms with van der Waals surface area (Å²) in [6, 6.07) is 22.1. The number of carbonyl (C=O) groups is 3. The second kappa shape index (κ2) is 10.7. The van der Waals surface area contributed by atoms with E-state index in [1.54, 1.807) is 6.07 Å². The van der Waals surface area contributed by atoms with Gasteiger partial charge in [0.2, 0.25) is 5.91 Å². The molecule has 2 heterocycles. The highest BCUT2D eigenvalue weighted by atomic mass is 16.5. The van der Waals surface area contributed by atoms with Crippen molar-refractivity contribution in [2.45, 2.75) is 31.3 Å². The fourth-order valence-electron chi connectivity index (χ4n) is 5.14. The molecule has 190 valence electrons. The molecule has 2 aliphatic heterocycles. The Kier molecular flexibility index (Phi) is 7.07. The van der Waals surface area contributed by atoms with Crippen LogP contribution in [0.25, 0.3) is 0 Å². The maximum Gasteiger partial charge on any atom is 0.411 e. The Hall–Kier alpha value is -4.33. The second-order valence-corrected chi connectivity index (χ2v) is 9.30. The van der Waals surface area contributed by atoms with Crippen molar-refractivity contribution >= 4 is 29.3 Å². The van der Waals surface area contributed by atoms with Gasteiger partial charge in [-0.2, -0.15) is 0 Å². The number of rotatable bonds is 6. The van der Waals surface area contributed by atoms with Crippen molar-refractivity contribution in [3.8, 4) is 0 Å². The van der Waals surface area contributed by atoms with Crippen molar-refractivity contribution in [2.75, 3.05) is 30.8 Å². The first-order valence-corrected chi connectivity index (χ1v) is 12.5. The minimum absolute atomic E-state index is 0.0396. The molecule has 1 saturated heterocycles. The van der Waals surface area contributed by atoms with E-state index in [1.807, 2.05) is 71.6 Å². The standard InChI is InChI=1S/C29H30N4O4/c1-37-29(36)32-22-10-5-9-21(17-22)25-11-6-16-33(25)28(35)26(20-7-3-2-4-8-20)31-23-13-12-19-14-15-30-27(34)24(19)18-23/h2-5,7-10,12-13,17-18,25-26,31H,6,11,14-16H2,1H3,(H,30,34)(H,32,36)/t25-,26-/m1/s1. The molecule has 5 rings (SSSR count). The van der Waals surface area contributed by atoms with E-state index in [0.29, 0.717) is 24.3 Å². The highest BCUT2D eigenvalue weighted by Crippen LogP contribution is 2.36. The van der Waals surface area contributed by atoms with Crippen LogP contribution in [0.1, 0.15) is 52.0 Å². The third kappa shape index (κ3) is 5.28. The molecule has 8 heteroatoms. The van der Waals surface area contributed by atoms with E-state index in [0.717, 1.165) is 41.6 Å². The molecule has 0 spiro atoms. The predicted molar refractivity (Wildman–Crippen MR) is 141 cm³/mol. The van der Waals surface area contributed by atoms with Crippen LogP contribution in [-0.4, -0.2) is 43.0 Å². The quantitative estimate of drug-likeness (QED) is 0.459. The predicted octanol–water partition coefficient (Wildman–Crippen LogP) is 4.67. The number of likely N-dealkylation sites (tertiary alicyclic amines) is 1. The molecule has 0 aromatic heterocycles. The summed E-state index contributed by atoms with van der Waals surface area (Å²) in [5.74, 6) is -0.130. The van der Waals surface area contributed by atoms with E-state index in [1.165, 1.54) is 7.11 Å². The lowest BCUT2D eigenvalue weighted by atomic mass is 9.98. The van der Waals surface area contributed by atoms with Gasteiger partial charge in [0.25, 0.3) is 5.91 Å². The lowest BCUT2D eigenvalue weighted by Crippen LogP contribution is -2.38. The normalized spacial score (nSPS) is 17.4. The maximum atomic E-state index is 14.1. The first-order valence-electron chi connectivity index (χ1n) is 12.5. The highest BCUT2D eigenvalue weighted by Gasteiger charge is 2.35. The molecular weight excluding hydrogens is 468 g/mol. The van der Waals surface area contributed by atoms with Crippen LogP contribution < -0.4 is 16.0 Å². The van der Waals surface area contributed by atoms with Crippen molar-refractivity contribution in [1.29, 1.82) is 0 Å². The van der Waals surface area contributed by atoms with Gasteiger partial charge in [-0.1, -0.05) is 48.5 Å². The Bertz CT molecular complexity index is 1310. The Balaban J connectivity index is 1.43. The summed E-state index contributed by atoms with van der Waals surface area (Å²) in [5.41, 5.74) is 4.80. The minimum atomic E-state index is -0.622. The van der Waals surface area contributed by atoms with Crippen LogP contribution in [0.15, 0.2) is 72.8 Å². The summed E-state index contributed by atoms with van der Waals surface area (Å²) >= 11 is 0. The van der Waals surface area contributed by atoms with E-state index in [9.17, 15) is 14.4 Å². The molecule has 3 aromatic carbocycles. The Morgan fingerprint density at radius 3 is 2.68 bits per heavy atom. The third-order valence-electron chi connectivity index (χ3n) is 6.96. The van der Waals surface area contributed by atoms with E-state index in [-0.39, 0.29) is 17.9 Å². The van der Waals surface area contributed by atoms with Gasteiger partial charge in [0.05, 0.1) is 13.2 Å². The summed E-state index contributed by atoms with van der Waals surface area (Å²) in [4.78, 5) is 40.1. The van der Waals surface area contributed by atoms with E-state index >= 15 is 0 Å². The lowest BCUT2D eigenvalue weighted by Gasteiger charge is -2.31. The van der Waals surface area contributed by atoms with Crippen LogP contribution in [0.2, 0.25) is 0 Å². The molecule has 0 bridgehead atoms. The molecule has 3 N–H and O–H groups in total. The SMILES string of the molecule is COC(=O)Nc1cccc([C@H]2CCCN2C(=O)[C@H](Nc2ccc3c(c2)C(=O)NCC3)c2ccccc2)c1. The number of nitrogens with one attached hydrogen (secondary N) is 3. The first kappa shape index (κ1) is 24.4. The smallest absolute Gasteiger partial charge is 0.411 e. The Morgan fingerprint density at radius 1 is 1.03 bits per heavy atom. The monoisotopic (exact) mass is 498 g/mol. The Morgan fingerprint density at radius 2 is 1.86 bits per heavy atom. The fraction of sp³-hybridized carbons (Fsp3) is 0.276. The molecule has 0 unspecified atom stereocenters. The average Bonchev–Trinajstić information content (AvgIpc) is 3.42. The first-order chi connectivity index (χ1) is 18.0. The molecular formula is C29H30N4O4. The summed E-state index contributed by atoms with van der Waals surface area (Å²) < 4.78 is 4.71. The molecule has 3 aromatic rings. The number of methoxy groups -OCH3 is 1. The molecule has 8 nitrogen and oxygen atoms in total. The van der Waals surface area contributed by atoms with Crippen molar-refractivity contribution in [3.63, 3.8) is 0 Å². The highest BCUT2D eigenvalue weighted by molar-refractivity contribution is 5.98. The van der Waals surface area contributed by atoms with Gasteiger partial charge in [-0.25, -0.2) is 4.79 Å². The summed E-state index contributed by atoms with van der Waals surface area (Å²) in [6.07, 6.45) is 1.96. The van der Waals surface area contributed by atoms with Crippen molar-refractivity contribution in [1.82, 2.24) is 10.2 Å². The largest absolute Gasteiger partial charge is 0.453 e. The van der Waals surface area contributed by atoms with Crippen LogP contribution in [0.4, 0.5) is 16.2 Å². The number of fused-ring (bicyclic) bond motifs is 1. The lowest BCUT2D eigenvalue weighted by molar-refractivity contribution is -0.133. The zero-order chi connectivity index (χ0) is 25.8. The summed E-state index contributed by atoms with van der Waals surface area (Å²) in [6.45, 7) is 1.27. The van der Waals surface area contributed by atoms with Gasteiger partial charge in [0.1, 0.15) is 6.04 Å². The number of carbonyl (C=O) groups excluding carboxylic acids is 3. The van der Waals surface area contributed by atoms with Crippen LogP contribution in [0.3, 0.4) is 0 Å². The number of ether oxygens (including phenoxy) is 1. The number of benzene rings is 3. The van der Waals surface area contributed by atoms with Gasteiger partial charge in [-0.15, -0.1) is 0 Å². The van der Waals surface area contributed by atoms with Crippen LogP contribution >= 0.6 is 0 Å². The van der Waals surface area contributed by atoms with Crippen molar-refractivity contribution < 1.29 is 19.1 Å². The van der Waals surface area contributed by atoms with Gasteiger partial charge in [-0.3, -0.25) is 14.9 Å². The van der Waals surface area contributed by atoms with Gasteiger partial charge in [-0.05, 0) is 60.2 Å².